The Bertz CT molecular complexity index is 406. The molecule has 0 amide bonds. The molecule has 3 atom stereocenters. The van der Waals surface area contributed by atoms with Gasteiger partial charge in [0.05, 0.1) is 10.8 Å². The third-order valence-corrected chi connectivity index (χ3v) is 6.23. The summed E-state index contributed by atoms with van der Waals surface area (Å²) in [7, 11) is 0. The van der Waals surface area contributed by atoms with Crippen LogP contribution in [0.5, 0.6) is 0 Å². The summed E-state index contributed by atoms with van der Waals surface area (Å²) < 4.78 is 0. The van der Waals surface area contributed by atoms with E-state index in [1.165, 1.54) is 0 Å². The Labute approximate surface area is 140 Å². The monoisotopic (exact) mass is 326 g/mol. The lowest BCUT2D eigenvalue weighted by Crippen LogP contribution is -2.57. The lowest BCUT2D eigenvalue weighted by molar-refractivity contribution is -0.188. The molecule has 0 aromatic heterocycles. The molecule has 0 saturated heterocycles. The number of carboxylic acid groups (broad SMARTS) is 2. The van der Waals surface area contributed by atoms with Gasteiger partial charge in [-0.05, 0) is 25.2 Å². The number of carbonyl (C=O) groups is 2. The second-order valence-corrected chi connectivity index (χ2v) is 7.34. The zero-order valence-electron chi connectivity index (χ0n) is 15.1. The van der Waals surface area contributed by atoms with Crippen molar-refractivity contribution in [1.29, 1.82) is 0 Å². The van der Waals surface area contributed by atoms with Crippen LogP contribution in [0.25, 0.3) is 0 Å². The highest BCUT2D eigenvalue weighted by Crippen LogP contribution is 2.58. The normalized spacial score (nSPS) is 29.2. The fourth-order valence-electron chi connectivity index (χ4n) is 4.66. The van der Waals surface area contributed by atoms with Crippen molar-refractivity contribution >= 4 is 11.9 Å². The third kappa shape index (κ3) is 3.72. The van der Waals surface area contributed by atoms with Crippen molar-refractivity contribution in [2.75, 3.05) is 0 Å². The highest BCUT2D eigenvalue weighted by Gasteiger charge is 2.63. The average Bonchev–Trinajstić information content (AvgIpc) is 2.53. The van der Waals surface area contributed by atoms with Gasteiger partial charge < -0.3 is 10.2 Å². The SMILES string of the molecule is CCCCCCCC1(C(=O)O)CCCCC1(C(=O)O)C(C)CC. The molecule has 3 unspecified atom stereocenters. The zero-order chi connectivity index (χ0) is 17.5. The van der Waals surface area contributed by atoms with Crippen molar-refractivity contribution in [3.8, 4) is 0 Å². The summed E-state index contributed by atoms with van der Waals surface area (Å²) in [5.41, 5.74) is -2.21. The van der Waals surface area contributed by atoms with Crippen LogP contribution in [0.15, 0.2) is 0 Å². The van der Waals surface area contributed by atoms with Gasteiger partial charge in [0.1, 0.15) is 0 Å². The van der Waals surface area contributed by atoms with Crippen molar-refractivity contribution in [2.24, 2.45) is 16.7 Å². The summed E-state index contributed by atoms with van der Waals surface area (Å²) >= 11 is 0. The summed E-state index contributed by atoms with van der Waals surface area (Å²) in [6.45, 7) is 6.05. The van der Waals surface area contributed by atoms with Crippen LogP contribution in [0.2, 0.25) is 0 Å². The van der Waals surface area contributed by atoms with E-state index in [4.69, 9.17) is 0 Å². The standard InChI is InChI=1S/C19H34O4/c1-4-6-7-8-9-12-18(16(20)21)13-10-11-14-19(18,17(22)23)15(3)5-2/h15H,4-14H2,1-3H3,(H,20,21)(H,22,23). The van der Waals surface area contributed by atoms with E-state index in [9.17, 15) is 19.8 Å². The first-order valence-corrected chi connectivity index (χ1v) is 9.35. The summed E-state index contributed by atoms with van der Waals surface area (Å²) in [6.07, 6.45) is 9.09. The van der Waals surface area contributed by atoms with E-state index in [0.717, 1.165) is 44.9 Å². The average molecular weight is 326 g/mol. The molecule has 23 heavy (non-hydrogen) atoms. The molecule has 4 nitrogen and oxygen atoms in total. The van der Waals surface area contributed by atoms with Crippen LogP contribution in [0.1, 0.15) is 91.4 Å². The van der Waals surface area contributed by atoms with Gasteiger partial charge in [0.2, 0.25) is 0 Å². The first-order chi connectivity index (χ1) is 10.9. The molecular weight excluding hydrogens is 292 g/mol. The fourth-order valence-corrected chi connectivity index (χ4v) is 4.66. The Morgan fingerprint density at radius 3 is 2.09 bits per heavy atom. The van der Waals surface area contributed by atoms with Crippen molar-refractivity contribution in [3.63, 3.8) is 0 Å². The molecule has 0 aromatic carbocycles. The maximum Gasteiger partial charge on any atom is 0.311 e. The van der Waals surface area contributed by atoms with E-state index in [1.807, 2.05) is 13.8 Å². The Balaban J connectivity index is 3.11. The van der Waals surface area contributed by atoms with Gasteiger partial charge in [0.25, 0.3) is 0 Å². The summed E-state index contributed by atoms with van der Waals surface area (Å²) in [6, 6.07) is 0. The molecule has 1 aliphatic rings. The lowest BCUT2D eigenvalue weighted by Gasteiger charge is -2.51. The van der Waals surface area contributed by atoms with Crippen LogP contribution in [0.4, 0.5) is 0 Å². The van der Waals surface area contributed by atoms with Gasteiger partial charge in [0.15, 0.2) is 0 Å². The maximum atomic E-state index is 12.3. The summed E-state index contributed by atoms with van der Waals surface area (Å²) in [4.78, 5) is 24.5. The smallest absolute Gasteiger partial charge is 0.311 e. The van der Waals surface area contributed by atoms with Gasteiger partial charge in [-0.3, -0.25) is 9.59 Å². The number of hydrogen-bond donors (Lipinski definition) is 2. The zero-order valence-corrected chi connectivity index (χ0v) is 15.1. The van der Waals surface area contributed by atoms with Gasteiger partial charge in [-0.2, -0.15) is 0 Å². The van der Waals surface area contributed by atoms with Crippen LogP contribution in [-0.4, -0.2) is 22.2 Å². The molecule has 0 bridgehead atoms. The molecule has 0 aliphatic heterocycles. The lowest BCUT2D eigenvalue weighted by atomic mass is 9.49. The molecule has 1 rings (SSSR count). The molecule has 1 aliphatic carbocycles. The molecular formula is C19H34O4. The van der Waals surface area contributed by atoms with Crippen LogP contribution in [-0.2, 0) is 9.59 Å². The van der Waals surface area contributed by atoms with Crippen LogP contribution < -0.4 is 0 Å². The quantitative estimate of drug-likeness (QED) is 0.547. The van der Waals surface area contributed by atoms with E-state index >= 15 is 0 Å². The van der Waals surface area contributed by atoms with Crippen molar-refractivity contribution in [2.45, 2.75) is 91.4 Å². The van der Waals surface area contributed by atoms with Crippen molar-refractivity contribution < 1.29 is 19.8 Å². The van der Waals surface area contributed by atoms with E-state index < -0.39 is 22.8 Å². The van der Waals surface area contributed by atoms with E-state index in [-0.39, 0.29) is 5.92 Å². The Morgan fingerprint density at radius 2 is 1.57 bits per heavy atom. The minimum atomic E-state index is -1.11. The van der Waals surface area contributed by atoms with Crippen LogP contribution in [0, 0.1) is 16.7 Å². The molecule has 0 radical (unpaired) electrons. The number of unbranched alkanes of at least 4 members (excludes halogenated alkanes) is 4. The van der Waals surface area contributed by atoms with Crippen molar-refractivity contribution in [1.82, 2.24) is 0 Å². The van der Waals surface area contributed by atoms with E-state index in [0.29, 0.717) is 25.7 Å². The molecule has 1 fully saturated rings. The molecule has 0 aromatic rings. The van der Waals surface area contributed by atoms with Gasteiger partial charge in [0, 0.05) is 0 Å². The first-order valence-electron chi connectivity index (χ1n) is 9.35. The van der Waals surface area contributed by atoms with E-state index in [2.05, 4.69) is 6.92 Å². The van der Waals surface area contributed by atoms with Gasteiger partial charge in [-0.25, -0.2) is 0 Å². The predicted octanol–water partition coefficient (Wildman–Crippen LogP) is 5.11. The molecule has 1 saturated carbocycles. The Hall–Kier alpha value is -1.06. The van der Waals surface area contributed by atoms with Gasteiger partial charge in [-0.15, -0.1) is 0 Å². The minimum Gasteiger partial charge on any atom is -0.481 e. The summed E-state index contributed by atoms with van der Waals surface area (Å²) in [5, 5.41) is 20.1. The topological polar surface area (TPSA) is 74.6 Å². The fraction of sp³-hybridized carbons (Fsp3) is 0.895. The summed E-state index contributed by atoms with van der Waals surface area (Å²) in [5.74, 6) is -1.91. The highest BCUT2D eigenvalue weighted by molar-refractivity contribution is 5.87. The highest BCUT2D eigenvalue weighted by atomic mass is 16.4. The van der Waals surface area contributed by atoms with Crippen LogP contribution >= 0.6 is 0 Å². The molecule has 2 N–H and O–H groups in total. The first kappa shape index (κ1) is 20.0. The second kappa shape index (κ2) is 8.70. The van der Waals surface area contributed by atoms with Gasteiger partial charge in [-0.1, -0.05) is 72.1 Å². The largest absolute Gasteiger partial charge is 0.481 e. The molecule has 134 valence electrons. The molecule has 0 spiro atoms. The number of rotatable bonds is 10. The number of hydrogen-bond acceptors (Lipinski definition) is 2. The Kier molecular flexibility index (Phi) is 7.56. The number of aliphatic carboxylic acids is 2. The minimum absolute atomic E-state index is 0.118. The molecule has 0 heterocycles. The predicted molar refractivity (Wildman–Crippen MR) is 91.4 cm³/mol. The maximum absolute atomic E-state index is 12.3. The van der Waals surface area contributed by atoms with Gasteiger partial charge >= 0.3 is 11.9 Å². The Morgan fingerprint density at radius 1 is 0.957 bits per heavy atom. The third-order valence-electron chi connectivity index (χ3n) is 6.23. The molecule has 4 heteroatoms. The van der Waals surface area contributed by atoms with E-state index in [1.54, 1.807) is 0 Å². The number of carboxylic acids is 2. The van der Waals surface area contributed by atoms with Crippen molar-refractivity contribution in [3.05, 3.63) is 0 Å². The van der Waals surface area contributed by atoms with Crippen LogP contribution in [0.3, 0.4) is 0 Å². The second-order valence-electron chi connectivity index (χ2n) is 7.34.